The molecule has 0 aliphatic rings. The SMILES string of the molecule is Cc1ccc(C)c(C(=O)CNc2cccc(Cl)c2)c1. The van der Waals surface area contributed by atoms with E-state index in [0.29, 0.717) is 5.02 Å². The highest BCUT2D eigenvalue weighted by atomic mass is 35.5. The minimum atomic E-state index is 0.0844. The number of carbonyl (C=O) groups excluding carboxylic acids is 1. The van der Waals surface area contributed by atoms with Crippen LogP contribution in [0.5, 0.6) is 0 Å². The zero-order valence-corrected chi connectivity index (χ0v) is 11.8. The van der Waals surface area contributed by atoms with E-state index in [1.165, 1.54) is 0 Å². The first-order valence-corrected chi connectivity index (χ1v) is 6.54. The molecule has 2 nitrogen and oxygen atoms in total. The third kappa shape index (κ3) is 3.58. The van der Waals surface area contributed by atoms with E-state index in [1.54, 1.807) is 12.1 Å². The molecule has 0 spiro atoms. The molecule has 19 heavy (non-hydrogen) atoms. The van der Waals surface area contributed by atoms with E-state index in [2.05, 4.69) is 5.32 Å². The van der Waals surface area contributed by atoms with Gasteiger partial charge in [-0.3, -0.25) is 4.79 Å². The number of rotatable bonds is 4. The number of ketones is 1. The molecule has 2 rings (SSSR count). The summed E-state index contributed by atoms with van der Waals surface area (Å²) in [7, 11) is 0. The van der Waals surface area contributed by atoms with Gasteiger partial charge in [0.2, 0.25) is 0 Å². The number of benzene rings is 2. The Hall–Kier alpha value is -1.80. The number of carbonyl (C=O) groups is 1. The van der Waals surface area contributed by atoms with Crippen LogP contribution in [0.25, 0.3) is 0 Å². The fourth-order valence-corrected chi connectivity index (χ4v) is 2.10. The zero-order valence-electron chi connectivity index (χ0n) is 11.0. The van der Waals surface area contributed by atoms with Gasteiger partial charge in [0.25, 0.3) is 0 Å². The second-order valence-electron chi connectivity index (χ2n) is 4.61. The standard InChI is InChI=1S/C16H16ClNO/c1-11-6-7-12(2)15(8-11)16(19)10-18-14-5-3-4-13(17)9-14/h3-9,18H,10H2,1-2H3. The average molecular weight is 274 g/mol. The predicted molar refractivity (Wildman–Crippen MR) is 80.2 cm³/mol. The quantitative estimate of drug-likeness (QED) is 0.844. The molecule has 0 amide bonds. The molecule has 3 heteroatoms. The van der Waals surface area contributed by atoms with Gasteiger partial charge in [0, 0.05) is 16.3 Å². The molecule has 1 N–H and O–H groups in total. The third-order valence-electron chi connectivity index (χ3n) is 2.97. The van der Waals surface area contributed by atoms with Crippen LogP contribution in [-0.2, 0) is 0 Å². The molecule has 0 radical (unpaired) electrons. The Morgan fingerprint density at radius 1 is 1.16 bits per heavy atom. The van der Waals surface area contributed by atoms with Crippen molar-refractivity contribution in [2.24, 2.45) is 0 Å². The minimum Gasteiger partial charge on any atom is -0.378 e. The Balaban J connectivity index is 2.07. The van der Waals surface area contributed by atoms with Gasteiger partial charge in [-0.15, -0.1) is 0 Å². The van der Waals surface area contributed by atoms with Crippen molar-refractivity contribution in [1.29, 1.82) is 0 Å². The van der Waals surface area contributed by atoms with Crippen molar-refractivity contribution in [3.8, 4) is 0 Å². The van der Waals surface area contributed by atoms with Crippen LogP contribution >= 0.6 is 11.6 Å². The van der Waals surface area contributed by atoms with Gasteiger partial charge in [0.05, 0.1) is 6.54 Å². The van der Waals surface area contributed by atoms with E-state index in [-0.39, 0.29) is 12.3 Å². The first-order chi connectivity index (χ1) is 9.06. The van der Waals surface area contributed by atoms with Crippen molar-refractivity contribution in [2.75, 3.05) is 11.9 Å². The van der Waals surface area contributed by atoms with Crippen LogP contribution in [0, 0.1) is 13.8 Å². The van der Waals surface area contributed by atoms with Crippen LogP contribution in [0.3, 0.4) is 0 Å². The molecule has 0 atom stereocenters. The summed E-state index contributed by atoms with van der Waals surface area (Å²) in [4.78, 5) is 12.2. The molecule has 0 aliphatic carbocycles. The van der Waals surface area contributed by atoms with Crippen molar-refractivity contribution in [3.63, 3.8) is 0 Å². The highest BCUT2D eigenvalue weighted by Gasteiger charge is 2.09. The maximum Gasteiger partial charge on any atom is 0.182 e. The molecule has 0 bridgehead atoms. The fraction of sp³-hybridized carbons (Fsp3) is 0.188. The number of hydrogen-bond acceptors (Lipinski definition) is 2. The molecule has 0 heterocycles. The molecule has 2 aromatic carbocycles. The second kappa shape index (κ2) is 5.89. The van der Waals surface area contributed by atoms with Crippen molar-refractivity contribution < 1.29 is 4.79 Å². The van der Waals surface area contributed by atoms with Gasteiger partial charge in [-0.2, -0.15) is 0 Å². The maximum atomic E-state index is 12.2. The summed E-state index contributed by atoms with van der Waals surface area (Å²) in [5.74, 6) is 0.0844. The van der Waals surface area contributed by atoms with E-state index in [1.807, 2.05) is 44.2 Å². The first kappa shape index (κ1) is 13.6. The van der Waals surface area contributed by atoms with Gasteiger partial charge in [-0.05, 0) is 43.7 Å². The number of anilines is 1. The van der Waals surface area contributed by atoms with Gasteiger partial charge in [0.1, 0.15) is 0 Å². The second-order valence-corrected chi connectivity index (χ2v) is 5.04. The largest absolute Gasteiger partial charge is 0.378 e. The first-order valence-electron chi connectivity index (χ1n) is 6.16. The van der Waals surface area contributed by atoms with Gasteiger partial charge >= 0.3 is 0 Å². The molecule has 2 aromatic rings. The smallest absolute Gasteiger partial charge is 0.182 e. The van der Waals surface area contributed by atoms with Crippen LogP contribution in [0.2, 0.25) is 5.02 Å². The van der Waals surface area contributed by atoms with Crippen molar-refractivity contribution in [1.82, 2.24) is 0 Å². The van der Waals surface area contributed by atoms with Gasteiger partial charge < -0.3 is 5.32 Å². The lowest BCUT2D eigenvalue weighted by molar-refractivity contribution is 0.101. The lowest BCUT2D eigenvalue weighted by Gasteiger charge is -2.09. The van der Waals surface area contributed by atoms with Gasteiger partial charge in [-0.25, -0.2) is 0 Å². The molecule has 98 valence electrons. The number of halogens is 1. The fourth-order valence-electron chi connectivity index (χ4n) is 1.91. The number of aryl methyl sites for hydroxylation is 2. The number of nitrogens with one attached hydrogen (secondary N) is 1. The Morgan fingerprint density at radius 2 is 1.95 bits per heavy atom. The Bertz CT molecular complexity index is 607. The lowest BCUT2D eigenvalue weighted by Crippen LogP contribution is -2.15. The van der Waals surface area contributed by atoms with E-state index in [0.717, 1.165) is 22.4 Å². The average Bonchev–Trinajstić information content (AvgIpc) is 2.39. The van der Waals surface area contributed by atoms with Crippen LogP contribution in [0.1, 0.15) is 21.5 Å². The monoisotopic (exact) mass is 273 g/mol. The maximum absolute atomic E-state index is 12.2. The molecule has 0 fully saturated rings. The van der Waals surface area contributed by atoms with Crippen molar-refractivity contribution in [2.45, 2.75) is 13.8 Å². The highest BCUT2D eigenvalue weighted by Crippen LogP contribution is 2.16. The van der Waals surface area contributed by atoms with Crippen molar-refractivity contribution >= 4 is 23.1 Å². The summed E-state index contributed by atoms with van der Waals surface area (Å²) in [6, 6.07) is 13.3. The van der Waals surface area contributed by atoms with E-state index < -0.39 is 0 Å². The Kier molecular flexibility index (Phi) is 4.23. The Labute approximate surface area is 118 Å². The van der Waals surface area contributed by atoms with Gasteiger partial charge in [-0.1, -0.05) is 35.4 Å². The van der Waals surface area contributed by atoms with Crippen LogP contribution in [0.15, 0.2) is 42.5 Å². The van der Waals surface area contributed by atoms with Crippen LogP contribution in [0.4, 0.5) is 5.69 Å². The summed E-state index contributed by atoms with van der Waals surface area (Å²) >= 11 is 5.90. The van der Waals surface area contributed by atoms with E-state index in [9.17, 15) is 4.79 Å². The molecule has 0 saturated heterocycles. The molecular weight excluding hydrogens is 258 g/mol. The van der Waals surface area contributed by atoms with Gasteiger partial charge in [0.15, 0.2) is 5.78 Å². The van der Waals surface area contributed by atoms with Crippen molar-refractivity contribution in [3.05, 3.63) is 64.2 Å². The molecule has 0 aliphatic heterocycles. The van der Waals surface area contributed by atoms with Crippen LogP contribution < -0.4 is 5.32 Å². The highest BCUT2D eigenvalue weighted by molar-refractivity contribution is 6.30. The molecule has 0 unspecified atom stereocenters. The number of hydrogen-bond donors (Lipinski definition) is 1. The third-order valence-corrected chi connectivity index (χ3v) is 3.21. The molecule has 0 aromatic heterocycles. The van der Waals surface area contributed by atoms with E-state index in [4.69, 9.17) is 11.6 Å². The summed E-state index contributed by atoms with van der Waals surface area (Å²) in [6.45, 7) is 4.21. The van der Waals surface area contributed by atoms with E-state index >= 15 is 0 Å². The predicted octanol–water partition coefficient (Wildman–Crippen LogP) is 4.25. The topological polar surface area (TPSA) is 29.1 Å². The summed E-state index contributed by atoms with van der Waals surface area (Å²) < 4.78 is 0. The molecule has 0 saturated carbocycles. The zero-order chi connectivity index (χ0) is 13.8. The van der Waals surface area contributed by atoms with Crippen LogP contribution in [-0.4, -0.2) is 12.3 Å². The lowest BCUT2D eigenvalue weighted by atomic mass is 10.0. The number of Topliss-reactive ketones (excluding diaryl/α,β-unsaturated/α-hetero) is 1. The molecular formula is C16H16ClNO. The summed E-state index contributed by atoms with van der Waals surface area (Å²) in [5, 5.41) is 3.75. The minimum absolute atomic E-state index is 0.0844. The summed E-state index contributed by atoms with van der Waals surface area (Å²) in [5.41, 5.74) is 3.72. The summed E-state index contributed by atoms with van der Waals surface area (Å²) in [6.07, 6.45) is 0. The Morgan fingerprint density at radius 3 is 2.68 bits per heavy atom. The normalized spacial score (nSPS) is 10.3.